The van der Waals surface area contributed by atoms with E-state index in [2.05, 4.69) is 36.3 Å². The van der Waals surface area contributed by atoms with E-state index >= 15 is 0 Å². The van der Waals surface area contributed by atoms with E-state index in [0.29, 0.717) is 4.47 Å². The molecule has 2 heterocycles. The van der Waals surface area contributed by atoms with Gasteiger partial charge in [0.25, 0.3) is 0 Å². The first-order valence-corrected chi connectivity index (χ1v) is 8.30. The lowest BCUT2D eigenvalue weighted by molar-refractivity contribution is -0.134. The Morgan fingerprint density at radius 2 is 2.14 bits per heavy atom. The minimum absolute atomic E-state index is 0.0796. The number of carbonyl (C=O) groups is 2. The summed E-state index contributed by atoms with van der Waals surface area (Å²) in [4.78, 5) is 26.6. The molecule has 0 bridgehead atoms. The quantitative estimate of drug-likeness (QED) is 0.635. The number of carbonyl (C=O) groups excluding carboxylic acids is 2. The Balaban J connectivity index is 2.28. The van der Waals surface area contributed by atoms with Crippen molar-refractivity contribution in [3.63, 3.8) is 0 Å². The van der Waals surface area contributed by atoms with E-state index in [4.69, 9.17) is 0 Å². The summed E-state index contributed by atoms with van der Waals surface area (Å²) in [6, 6.07) is 0.406. The highest BCUT2D eigenvalue weighted by molar-refractivity contribution is 9.10. The van der Waals surface area contributed by atoms with E-state index < -0.39 is 27.9 Å². The van der Waals surface area contributed by atoms with Crippen LogP contribution in [-0.4, -0.2) is 38.3 Å². The zero-order chi connectivity index (χ0) is 15.6. The van der Waals surface area contributed by atoms with Crippen molar-refractivity contribution in [1.29, 1.82) is 0 Å². The molecule has 1 unspecified atom stereocenters. The number of sulfonamides is 1. The monoisotopic (exact) mass is 376 g/mol. The first-order valence-electron chi connectivity index (χ1n) is 6.03. The van der Waals surface area contributed by atoms with Gasteiger partial charge in [-0.3, -0.25) is 14.9 Å². The number of aromatic nitrogens is 1. The SMILES string of the molecule is CNc1ncc(Br)cc1S(=O)(=O)NC1CCC(=O)NC1=O. The van der Waals surface area contributed by atoms with Crippen molar-refractivity contribution in [2.75, 3.05) is 12.4 Å². The molecule has 10 heteroatoms. The molecule has 2 rings (SSSR count). The smallest absolute Gasteiger partial charge is 0.245 e. The summed E-state index contributed by atoms with van der Waals surface area (Å²) in [5.74, 6) is -0.891. The van der Waals surface area contributed by atoms with Gasteiger partial charge in [0.1, 0.15) is 16.8 Å². The third kappa shape index (κ3) is 3.57. The maximum absolute atomic E-state index is 12.4. The van der Waals surface area contributed by atoms with Crippen LogP contribution in [0.25, 0.3) is 0 Å². The number of halogens is 1. The van der Waals surface area contributed by atoms with Crippen LogP contribution >= 0.6 is 15.9 Å². The molecule has 0 radical (unpaired) electrons. The fourth-order valence-corrected chi connectivity index (χ4v) is 3.77. The summed E-state index contributed by atoms with van der Waals surface area (Å²) in [7, 11) is -2.41. The van der Waals surface area contributed by atoms with Crippen molar-refractivity contribution in [2.45, 2.75) is 23.8 Å². The van der Waals surface area contributed by atoms with Crippen molar-refractivity contribution in [1.82, 2.24) is 15.0 Å². The molecule has 2 amide bonds. The van der Waals surface area contributed by atoms with Crippen LogP contribution in [0.4, 0.5) is 5.82 Å². The van der Waals surface area contributed by atoms with Crippen LogP contribution in [0.2, 0.25) is 0 Å². The molecule has 1 saturated heterocycles. The predicted octanol–water partition coefficient (Wildman–Crippen LogP) is -0.0307. The average Bonchev–Trinajstić information content (AvgIpc) is 2.42. The summed E-state index contributed by atoms with van der Waals surface area (Å²) in [5, 5.41) is 4.78. The van der Waals surface area contributed by atoms with E-state index in [1.807, 2.05) is 0 Å². The molecule has 1 aromatic rings. The topological polar surface area (TPSA) is 117 Å². The molecule has 21 heavy (non-hydrogen) atoms. The highest BCUT2D eigenvalue weighted by Gasteiger charge is 2.32. The second-order valence-corrected chi connectivity index (χ2v) is 6.97. The average molecular weight is 377 g/mol. The van der Waals surface area contributed by atoms with Gasteiger partial charge in [-0.2, -0.15) is 4.72 Å². The van der Waals surface area contributed by atoms with Crippen LogP contribution in [0.1, 0.15) is 12.8 Å². The van der Waals surface area contributed by atoms with Crippen molar-refractivity contribution in [3.8, 4) is 0 Å². The number of amides is 2. The van der Waals surface area contributed by atoms with E-state index in [1.165, 1.54) is 12.3 Å². The largest absolute Gasteiger partial charge is 0.372 e. The molecule has 1 fully saturated rings. The Labute approximate surface area is 129 Å². The molecule has 1 aliphatic heterocycles. The van der Waals surface area contributed by atoms with Crippen LogP contribution in [0.5, 0.6) is 0 Å². The van der Waals surface area contributed by atoms with Gasteiger partial charge in [0.15, 0.2) is 0 Å². The number of hydrogen-bond donors (Lipinski definition) is 3. The molecule has 0 saturated carbocycles. The molecular formula is C11H13BrN4O4S. The lowest BCUT2D eigenvalue weighted by Crippen LogP contribution is -2.52. The van der Waals surface area contributed by atoms with Gasteiger partial charge in [-0.1, -0.05) is 0 Å². The van der Waals surface area contributed by atoms with Gasteiger partial charge < -0.3 is 5.32 Å². The van der Waals surface area contributed by atoms with Crippen molar-refractivity contribution < 1.29 is 18.0 Å². The van der Waals surface area contributed by atoms with Crippen LogP contribution in [-0.2, 0) is 19.6 Å². The van der Waals surface area contributed by atoms with E-state index in [-0.39, 0.29) is 23.6 Å². The number of hydrogen-bond acceptors (Lipinski definition) is 6. The van der Waals surface area contributed by atoms with E-state index in [1.54, 1.807) is 7.05 Å². The van der Waals surface area contributed by atoms with Gasteiger partial charge in [0, 0.05) is 24.1 Å². The normalized spacial score (nSPS) is 19.2. The standard InChI is InChI=1S/C11H13BrN4O4S/c1-13-10-8(4-6(12)5-14-10)21(19,20)16-7-2-3-9(17)15-11(7)18/h4-5,7,16H,2-3H2,1H3,(H,13,14)(H,15,17,18). The van der Waals surface area contributed by atoms with Crippen molar-refractivity contribution in [3.05, 3.63) is 16.7 Å². The summed E-state index contributed by atoms with van der Waals surface area (Å²) in [6.07, 6.45) is 1.67. The minimum Gasteiger partial charge on any atom is -0.372 e. The predicted molar refractivity (Wildman–Crippen MR) is 78.0 cm³/mol. The number of pyridine rings is 1. The van der Waals surface area contributed by atoms with Crippen molar-refractivity contribution >= 4 is 43.6 Å². The molecule has 0 spiro atoms. The van der Waals surface area contributed by atoms with Gasteiger partial charge in [0.05, 0.1) is 0 Å². The molecule has 8 nitrogen and oxygen atoms in total. The first-order chi connectivity index (χ1) is 9.83. The number of rotatable bonds is 4. The summed E-state index contributed by atoms with van der Waals surface area (Å²) < 4.78 is 27.5. The highest BCUT2D eigenvalue weighted by Crippen LogP contribution is 2.23. The molecule has 1 atom stereocenters. The lowest BCUT2D eigenvalue weighted by atomic mass is 10.1. The zero-order valence-electron chi connectivity index (χ0n) is 11.0. The molecule has 3 N–H and O–H groups in total. The summed E-state index contributed by atoms with van der Waals surface area (Å²) in [6.45, 7) is 0. The van der Waals surface area contributed by atoms with Gasteiger partial charge in [-0.05, 0) is 28.4 Å². The Kier molecular flexibility index (Phi) is 4.59. The Morgan fingerprint density at radius 3 is 2.76 bits per heavy atom. The minimum atomic E-state index is -3.95. The van der Waals surface area contributed by atoms with Gasteiger partial charge in [-0.25, -0.2) is 13.4 Å². The maximum Gasteiger partial charge on any atom is 0.245 e. The fraction of sp³-hybridized carbons (Fsp3) is 0.364. The van der Waals surface area contributed by atoms with Crippen LogP contribution < -0.4 is 15.4 Å². The Hall–Kier alpha value is -1.52. The molecule has 1 aliphatic rings. The second-order valence-electron chi connectivity index (χ2n) is 4.38. The second kappa shape index (κ2) is 6.08. The van der Waals surface area contributed by atoms with Crippen LogP contribution in [0, 0.1) is 0 Å². The third-order valence-electron chi connectivity index (χ3n) is 2.88. The number of nitrogens with zero attached hydrogens (tertiary/aromatic N) is 1. The molecular weight excluding hydrogens is 364 g/mol. The van der Waals surface area contributed by atoms with Gasteiger partial charge >= 0.3 is 0 Å². The third-order valence-corrected chi connectivity index (χ3v) is 4.80. The molecule has 1 aromatic heterocycles. The summed E-state index contributed by atoms with van der Waals surface area (Å²) in [5.41, 5.74) is 0. The van der Waals surface area contributed by atoms with Gasteiger partial charge in [-0.15, -0.1) is 0 Å². The molecule has 0 aromatic carbocycles. The Morgan fingerprint density at radius 1 is 1.43 bits per heavy atom. The van der Waals surface area contributed by atoms with Crippen LogP contribution in [0.15, 0.2) is 21.6 Å². The van der Waals surface area contributed by atoms with E-state index in [0.717, 1.165) is 0 Å². The van der Waals surface area contributed by atoms with Crippen molar-refractivity contribution in [2.24, 2.45) is 0 Å². The van der Waals surface area contributed by atoms with Gasteiger partial charge in [0.2, 0.25) is 21.8 Å². The van der Waals surface area contributed by atoms with Crippen LogP contribution in [0.3, 0.4) is 0 Å². The summed E-state index contributed by atoms with van der Waals surface area (Å²) >= 11 is 3.16. The number of piperidine rings is 1. The molecule has 0 aliphatic carbocycles. The number of nitrogens with one attached hydrogen (secondary N) is 3. The fourth-order valence-electron chi connectivity index (χ4n) is 1.87. The number of anilines is 1. The number of imide groups is 1. The van der Waals surface area contributed by atoms with E-state index in [9.17, 15) is 18.0 Å². The lowest BCUT2D eigenvalue weighted by Gasteiger charge is -2.22. The molecule has 114 valence electrons. The maximum atomic E-state index is 12.4. The first kappa shape index (κ1) is 15.9. The highest BCUT2D eigenvalue weighted by atomic mass is 79.9. The zero-order valence-corrected chi connectivity index (χ0v) is 13.4. The Bertz CT molecular complexity index is 691.